The van der Waals surface area contributed by atoms with Crippen LogP contribution in [0.5, 0.6) is 5.75 Å². The van der Waals surface area contributed by atoms with Crippen LogP contribution >= 0.6 is 11.6 Å². The molecule has 8 nitrogen and oxygen atoms in total. The number of nitrogens with one attached hydrogen (secondary N) is 3. The summed E-state index contributed by atoms with van der Waals surface area (Å²) in [6.45, 7) is 4.11. The van der Waals surface area contributed by atoms with Crippen molar-refractivity contribution < 1.29 is 22.7 Å². The quantitative estimate of drug-likeness (QED) is 0.195. The Hall–Kier alpha value is -4.08. The lowest BCUT2D eigenvalue weighted by Gasteiger charge is -2.11. The Labute approximate surface area is 250 Å². The molecular weight excluding hydrogens is 574 g/mol. The van der Waals surface area contributed by atoms with Crippen LogP contribution in [-0.4, -0.2) is 44.1 Å². The number of ether oxygens (including phenoxy) is 1. The van der Waals surface area contributed by atoms with Crippen molar-refractivity contribution >= 4 is 50.4 Å². The van der Waals surface area contributed by atoms with E-state index in [1.165, 1.54) is 0 Å². The molecule has 1 aliphatic carbocycles. The molecule has 1 aliphatic rings. The van der Waals surface area contributed by atoms with Crippen LogP contribution in [0.15, 0.2) is 60.7 Å². The Bertz CT molecular complexity index is 1790. The van der Waals surface area contributed by atoms with E-state index in [2.05, 4.69) is 15.0 Å². The number of fused-ring (bicyclic) bond motifs is 2. The highest BCUT2D eigenvalue weighted by Gasteiger charge is 2.22. The Morgan fingerprint density at radius 3 is 2.57 bits per heavy atom. The Morgan fingerprint density at radius 2 is 1.79 bits per heavy atom. The molecule has 0 spiro atoms. The number of H-pyrrole nitrogens is 1. The van der Waals surface area contributed by atoms with Crippen molar-refractivity contribution in [2.24, 2.45) is 0 Å². The summed E-state index contributed by atoms with van der Waals surface area (Å²) in [5.74, 6) is -0.836. The van der Waals surface area contributed by atoms with Crippen LogP contribution in [0.3, 0.4) is 0 Å². The second kappa shape index (κ2) is 12.4. The number of halogens is 1. The SMILES string of the molecule is Cc1cc(OCCCc2c(C(=O)NS(=O)(=O)CCNC(=O)c3ccc4c(c3)CC=C4)[nH]c3ccccc23)cc(C)c1Cl. The smallest absolute Gasteiger partial charge is 0.281 e. The molecule has 1 heterocycles. The Morgan fingerprint density at radius 1 is 1.02 bits per heavy atom. The zero-order valence-corrected chi connectivity index (χ0v) is 25.0. The molecule has 2 amide bonds. The predicted molar refractivity (Wildman–Crippen MR) is 166 cm³/mol. The first-order valence-corrected chi connectivity index (χ1v) is 15.8. The second-order valence-corrected chi connectivity index (χ2v) is 12.6. The van der Waals surface area contributed by atoms with E-state index in [4.69, 9.17) is 16.3 Å². The zero-order valence-electron chi connectivity index (χ0n) is 23.4. The minimum atomic E-state index is -4.02. The molecule has 0 saturated carbocycles. The first-order chi connectivity index (χ1) is 20.1. The molecular formula is C32H32ClN3O5S. The second-order valence-electron chi connectivity index (χ2n) is 10.4. The maximum absolute atomic E-state index is 13.2. The van der Waals surface area contributed by atoms with Gasteiger partial charge in [0.2, 0.25) is 10.0 Å². The molecule has 0 fully saturated rings. The number of hydrogen-bond donors (Lipinski definition) is 3. The van der Waals surface area contributed by atoms with Crippen molar-refractivity contribution in [1.82, 2.24) is 15.0 Å². The van der Waals surface area contributed by atoms with Gasteiger partial charge in [-0.15, -0.1) is 0 Å². The minimum absolute atomic E-state index is 0.142. The summed E-state index contributed by atoms with van der Waals surface area (Å²) in [7, 11) is -4.02. The van der Waals surface area contributed by atoms with Gasteiger partial charge in [-0.2, -0.15) is 0 Å². The van der Waals surface area contributed by atoms with E-state index in [9.17, 15) is 18.0 Å². The highest BCUT2D eigenvalue weighted by Crippen LogP contribution is 2.27. The number of amides is 2. The number of aromatic nitrogens is 1. The van der Waals surface area contributed by atoms with E-state index in [1.807, 2.05) is 68.5 Å². The maximum atomic E-state index is 13.2. The molecule has 0 bridgehead atoms. The summed E-state index contributed by atoms with van der Waals surface area (Å²) >= 11 is 6.25. The number of allylic oxidation sites excluding steroid dienone is 1. The number of benzene rings is 3. The maximum Gasteiger partial charge on any atom is 0.281 e. The molecule has 0 atom stereocenters. The van der Waals surface area contributed by atoms with E-state index in [1.54, 1.807) is 12.1 Å². The molecule has 218 valence electrons. The number of carbonyl (C=O) groups excluding carboxylic acids is 2. The lowest BCUT2D eigenvalue weighted by atomic mass is 10.1. The number of hydrogen-bond acceptors (Lipinski definition) is 5. The Kier molecular flexibility index (Phi) is 8.70. The summed E-state index contributed by atoms with van der Waals surface area (Å²) in [4.78, 5) is 28.8. The molecule has 1 aromatic heterocycles. The summed E-state index contributed by atoms with van der Waals surface area (Å²) in [5, 5.41) is 4.19. The number of sulfonamides is 1. The number of aromatic amines is 1. The fourth-order valence-corrected chi connectivity index (χ4v) is 6.09. The van der Waals surface area contributed by atoms with Crippen LogP contribution in [0, 0.1) is 13.8 Å². The fourth-order valence-electron chi connectivity index (χ4n) is 5.13. The van der Waals surface area contributed by atoms with Gasteiger partial charge in [0, 0.05) is 28.0 Å². The number of aryl methyl sites for hydroxylation is 3. The summed E-state index contributed by atoms with van der Waals surface area (Å²) in [6.07, 6.45) is 5.88. The molecule has 0 unspecified atom stereocenters. The van der Waals surface area contributed by atoms with Crippen molar-refractivity contribution in [1.29, 1.82) is 0 Å². The van der Waals surface area contributed by atoms with Gasteiger partial charge in [-0.25, -0.2) is 13.1 Å². The van der Waals surface area contributed by atoms with Crippen LogP contribution in [0.25, 0.3) is 17.0 Å². The minimum Gasteiger partial charge on any atom is -0.494 e. The van der Waals surface area contributed by atoms with Crippen molar-refractivity contribution in [3.8, 4) is 5.75 Å². The highest BCUT2D eigenvalue weighted by molar-refractivity contribution is 7.90. The van der Waals surface area contributed by atoms with E-state index in [-0.39, 0.29) is 18.1 Å². The average Bonchev–Trinajstić information content (AvgIpc) is 3.58. The highest BCUT2D eigenvalue weighted by atomic mass is 35.5. The third-order valence-corrected chi connectivity index (χ3v) is 9.07. The molecule has 5 rings (SSSR count). The number of rotatable bonds is 11. The van der Waals surface area contributed by atoms with Crippen LogP contribution in [-0.2, 0) is 22.9 Å². The number of para-hydroxylation sites is 1. The van der Waals surface area contributed by atoms with Crippen molar-refractivity contribution in [2.75, 3.05) is 18.9 Å². The van der Waals surface area contributed by atoms with E-state index in [0.29, 0.717) is 35.6 Å². The van der Waals surface area contributed by atoms with Gasteiger partial charge in [0.1, 0.15) is 11.4 Å². The van der Waals surface area contributed by atoms with E-state index in [0.717, 1.165) is 45.3 Å². The summed E-state index contributed by atoms with van der Waals surface area (Å²) in [6, 6.07) is 16.6. The standard InChI is InChI=1S/C32H32ClN3O5S/c1-20-17-25(18-21(2)29(20)33)41-15-6-10-27-26-9-3-4-11-28(26)35-30(27)32(38)36-42(39,40)16-14-34-31(37)24-13-12-22-7-5-8-23(22)19-24/h3-5,7,9,11-13,17-19,35H,6,8,10,14-16H2,1-2H3,(H,34,37)(H,36,38). The summed E-state index contributed by atoms with van der Waals surface area (Å²) in [5.41, 5.74) is 6.10. The third-order valence-electron chi connectivity index (χ3n) is 7.24. The Balaban J connectivity index is 1.19. The average molecular weight is 606 g/mol. The molecule has 4 aromatic rings. The molecule has 10 heteroatoms. The first-order valence-electron chi connectivity index (χ1n) is 13.7. The van der Waals surface area contributed by atoms with Gasteiger partial charge in [-0.3, -0.25) is 9.59 Å². The largest absolute Gasteiger partial charge is 0.494 e. The van der Waals surface area contributed by atoms with Crippen molar-refractivity contribution in [2.45, 2.75) is 33.1 Å². The van der Waals surface area contributed by atoms with Gasteiger partial charge in [-0.1, -0.05) is 48.0 Å². The lowest BCUT2D eigenvalue weighted by Crippen LogP contribution is -2.37. The molecule has 0 aliphatic heterocycles. The topological polar surface area (TPSA) is 117 Å². The molecule has 3 aromatic carbocycles. The van der Waals surface area contributed by atoms with Crippen molar-refractivity contribution in [3.05, 3.63) is 105 Å². The summed E-state index contributed by atoms with van der Waals surface area (Å²) < 4.78 is 33.6. The van der Waals surface area contributed by atoms with Gasteiger partial charge in [0.05, 0.1) is 12.4 Å². The molecule has 0 saturated heterocycles. The van der Waals surface area contributed by atoms with Crippen LogP contribution in [0.4, 0.5) is 0 Å². The molecule has 42 heavy (non-hydrogen) atoms. The van der Waals surface area contributed by atoms with Crippen LogP contribution in [0.1, 0.15) is 55.1 Å². The van der Waals surface area contributed by atoms with Gasteiger partial charge >= 0.3 is 0 Å². The lowest BCUT2D eigenvalue weighted by molar-refractivity contribution is 0.0954. The van der Waals surface area contributed by atoms with Crippen LogP contribution < -0.4 is 14.8 Å². The van der Waals surface area contributed by atoms with Gasteiger partial charge < -0.3 is 15.0 Å². The third kappa shape index (κ3) is 6.69. The van der Waals surface area contributed by atoms with Crippen LogP contribution in [0.2, 0.25) is 5.02 Å². The van der Waals surface area contributed by atoms with Gasteiger partial charge in [-0.05, 0) is 91.3 Å². The van der Waals surface area contributed by atoms with Gasteiger partial charge in [0.15, 0.2) is 0 Å². The predicted octanol–water partition coefficient (Wildman–Crippen LogP) is 5.51. The number of carbonyl (C=O) groups is 2. The monoisotopic (exact) mass is 605 g/mol. The van der Waals surface area contributed by atoms with E-state index >= 15 is 0 Å². The molecule has 0 radical (unpaired) electrons. The van der Waals surface area contributed by atoms with E-state index < -0.39 is 21.7 Å². The van der Waals surface area contributed by atoms with Gasteiger partial charge in [0.25, 0.3) is 11.8 Å². The molecule has 3 N–H and O–H groups in total. The van der Waals surface area contributed by atoms with Crippen molar-refractivity contribution in [3.63, 3.8) is 0 Å². The zero-order chi connectivity index (χ0) is 29.9. The fraction of sp³-hybridized carbons (Fsp3) is 0.250. The normalized spacial score (nSPS) is 12.4. The first kappa shape index (κ1) is 29.4.